The number of esters is 3. The Bertz CT molecular complexity index is 1170. The van der Waals surface area contributed by atoms with Crippen molar-refractivity contribution < 1.29 is 48.3 Å². The normalized spacial score (nSPS) is 39.8. The number of halogens is 1. The number of likely N-dealkylation sites (N-methyl/N-ethyl adjacent to an activating group) is 1. The van der Waals surface area contributed by atoms with Crippen molar-refractivity contribution >= 4 is 36.1 Å². The summed E-state index contributed by atoms with van der Waals surface area (Å²) in [5.41, 5.74) is -7.82. The third-order valence-corrected chi connectivity index (χ3v) is 10.8. The fraction of sp³-hybridized carbons (Fsp3) is 0.812. The van der Waals surface area contributed by atoms with E-state index in [1.54, 1.807) is 13.8 Å². The van der Waals surface area contributed by atoms with Crippen LogP contribution in [0.5, 0.6) is 0 Å². The Kier molecular flexibility index (Phi) is 11.0. The van der Waals surface area contributed by atoms with E-state index in [1.165, 1.54) is 19.9 Å². The maximum atomic E-state index is 14.1. The Morgan fingerprint density at radius 3 is 2.27 bits per heavy atom. The quantitative estimate of drug-likeness (QED) is 0.222. The molecule has 4 rings (SSSR count). The van der Waals surface area contributed by atoms with Gasteiger partial charge in [0.05, 0.1) is 18.1 Å². The molecule has 0 unspecified atom stereocenters. The minimum Gasteiger partial charge on any atom is -0.455 e. The number of fused-ring (bicyclic) bond motifs is 3. The van der Waals surface area contributed by atoms with Gasteiger partial charge in [0.2, 0.25) is 0 Å². The van der Waals surface area contributed by atoms with E-state index in [9.17, 15) is 29.4 Å². The van der Waals surface area contributed by atoms with Crippen molar-refractivity contribution in [2.24, 2.45) is 16.7 Å². The second-order valence-electron chi connectivity index (χ2n) is 14.4. The number of carbonyl (C=O) groups excluding carboxylic acids is 4. The van der Waals surface area contributed by atoms with Crippen LogP contribution in [0.3, 0.4) is 0 Å². The van der Waals surface area contributed by atoms with E-state index in [0.717, 1.165) is 26.2 Å². The molecule has 0 aromatic heterocycles. The van der Waals surface area contributed by atoms with Gasteiger partial charge in [-0.2, -0.15) is 0 Å². The molecule has 0 aromatic carbocycles. The lowest BCUT2D eigenvalue weighted by Gasteiger charge is -2.71. The highest BCUT2D eigenvalue weighted by molar-refractivity contribution is 5.92. The lowest BCUT2D eigenvalue weighted by Crippen LogP contribution is -2.87. The molecule has 0 bridgehead atoms. The van der Waals surface area contributed by atoms with Crippen LogP contribution >= 0.6 is 12.4 Å². The van der Waals surface area contributed by atoms with Crippen LogP contribution in [0.4, 0.5) is 0 Å². The van der Waals surface area contributed by atoms with Crippen LogP contribution in [-0.2, 0) is 38.1 Å². The van der Waals surface area contributed by atoms with E-state index >= 15 is 0 Å². The number of ether oxygens (including phenoxy) is 4. The topological polar surface area (TPSA) is 152 Å². The van der Waals surface area contributed by atoms with Gasteiger partial charge in [-0.3, -0.25) is 14.4 Å². The summed E-state index contributed by atoms with van der Waals surface area (Å²) in [6.45, 7) is 16.8. The predicted octanol–water partition coefficient (Wildman–Crippen LogP) is 1.67. The molecule has 12 nitrogen and oxygen atoms in total. The fourth-order valence-electron chi connectivity index (χ4n) is 8.46. The van der Waals surface area contributed by atoms with Crippen LogP contribution in [0.1, 0.15) is 67.2 Å². The zero-order valence-electron chi connectivity index (χ0n) is 27.6. The number of hydrogen-bond donors (Lipinski definition) is 2. The number of nitrogens with zero attached hydrogens (tertiary/aromatic N) is 2. The van der Waals surface area contributed by atoms with E-state index < -0.39 is 82.2 Å². The largest absolute Gasteiger partial charge is 0.455 e. The molecule has 2 aliphatic carbocycles. The Balaban J connectivity index is 0.00000552. The van der Waals surface area contributed by atoms with Gasteiger partial charge in [-0.15, -0.1) is 19.0 Å². The SMILES string of the molecule is C=C[C@@]1(C)CC(=O)[C@]2(O)[C@@]3(C)[C@@H](O)CCC(C)(C)[C@@H]3[C@H](OC(=O)COC(=O)CCN3CCN(C)CC3)[C@H](OC(C)=O)[C@@]2(C)O1.Cl. The molecule has 0 aromatic rings. The number of hydrogen-bond acceptors (Lipinski definition) is 12. The minimum atomic E-state index is -2.33. The van der Waals surface area contributed by atoms with Crippen LogP contribution in [0.2, 0.25) is 0 Å². The Labute approximate surface area is 272 Å². The molecule has 4 fully saturated rings. The van der Waals surface area contributed by atoms with Gasteiger partial charge in [0.1, 0.15) is 11.7 Å². The monoisotopic (exact) mass is 658 g/mol. The Morgan fingerprint density at radius 1 is 1.07 bits per heavy atom. The highest BCUT2D eigenvalue weighted by Gasteiger charge is 2.82. The van der Waals surface area contributed by atoms with Gasteiger partial charge in [0.25, 0.3) is 0 Å². The van der Waals surface area contributed by atoms with Crippen molar-refractivity contribution in [1.82, 2.24) is 9.80 Å². The number of aliphatic hydroxyl groups is 2. The van der Waals surface area contributed by atoms with E-state index in [2.05, 4.69) is 16.4 Å². The Morgan fingerprint density at radius 2 is 1.69 bits per heavy atom. The highest BCUT2D eigenvalue weighted by Crippen LogP contribution is 2.67. The van der Waals surface area contributed by atoms with E-state index in [0.29, 0.717) is 13.0 Å². The van der Waals surface area contributed by atoms with Gasteiger partial charge in [-0.25, -0.2) is 4.79 Å². The summed E-state index contributed by atoms with van der Waals surface area (Å²) in [6, 6.07) is 0. The molecular formula is C32H51ClN2O10. The summed E-state index contributed by atoms with van der Waals surface area (Å²) in [5.74, 6) is -3.63. The zero-order chi connectivity index (χ0) is 32.9. The third-order valence-electron chi connectivity index (χ3n) is 10.8. The molecule has 2 heterocycles. The molecule has 2 saturated carbocycles. The van der Waals surface area contributed by atoms with Gasteiger partial charge in [-0.05, 0) is 39.2 Å². The average Bonchev–Trinajstić information content (AvgIpc) is 2.94. The molecule has 8 atom stereocenters. The van der Waals surface area contributed by atoms with Gasteiger partial charge < -0.3 is 39.0 Å². The van der Waals surface area contributed by atoms with Crippen LogP contribution in [0, 0.1) is 16.7 Å². The first kappa shape index (κ1) is 37.4. The predicted molar refractivity (Wildman–Crippen MR) is 165 cm³/mol. The van der Waals surface area contributed by atoms with Crippen LogP contribution in [0.25, 0.3) is 0 Å². The van der Waals surface area contributed by atoms with Crippen molar-refractivity contribution in [1.29, 1.82) is 0 Å². The summed E-state index contributed by atoms with van der Waals surface area (Å²) in [6.07, 6.45) is -1.83. The first-order valence-electron chi connectivity index (χ1n) is 15.6. The van der Waals surface area contributed by atoms with Crippen molar-refractivity contribution in [3.05, 3.63) is 12.7 Å². The first-order valence-corrected chi connectivity index (χ1v) is 15.6. The lowest BCUT2D eigenvalue weighted by molar-refractivity contribution is -0.371. The van der Waals surface area contributed by atoms with Crippen molar-refractivity contribution in [2.75, 3.05) is 46.4 Å². The molecule has 2 saturated heterocycles. The maximum absolute atomic E-state index is 14.1. The van der Waals surface area contributed by atoms with Gasteiger partial charge in [0, 0.05) is 57.4 Å². The highest BCUT2D eigenvalue weighted by atomic mass is 35.5. The van der Waals surface area contributed by atoms with Gasteiger partial charge in [-0.1, -0.05) is 26.8 Å². The Hall–Kier alpha value is -2.09. The number of aliphatic hydroxyl groups excluding tert-OH is 1. The second kappa shape index (κ2) is 13.2. The number of ketones is 1. The van der Waals surface area contributed by atoms with Crippen molar-refractivity contribution in [3.63, 3.8) is 0 Å². The summed E-state index contributed by atoms with van der Waals surface area (Å²) < 4.78 is 23.6. The van der Waals surface area contributed by atoms with Crippen LogP contribution in [-0.4, -0.2) is 125 Å². The first-order chi connectivity index (χ1) is 20.3. The molecule has 13 heteroatoms. The molecule has 4 aliphatic rings. The molecule has 45 heavy (non-hydrogen) atoms. The number of rotatable bonds is 8. The van der Waals surface area contributed by atoms with E-state index in [1.807, 2.05) is 20.9 Å². The molecule has 0 amide bonds. The van der Waals surface area contributed by atoms with Crippen LogP contribution in [0.15, 0.2) is 12.7 Å². The summed E-state index contributed by atoms with van der Waals surface area (Å²) in [7, 11) is 2.05. The lowest BCUT2D eigenvalue weighted by atomic mass is 9.39. The van der Waals surface area contributed by atoms with Gasteiger partial charge >= 0.3 is 17.9 Å². The van der Waals surface area contributed by atoms with Gasteiger partial charge in [0.15, 0.2) is 24.1 Å². The number of piperazine rings is 1. The molecule has 256 valence electrons. The maximum Gasteiger partial charge on any atom is 0.344 e. The molecule has 0 spiro atoms. The molecule has 2 aliphatic heterocycles. The summed E-state index contributed by atoms with van der Waals surface area (Å²) in [4.78, 5) is 56.9. The molecule has 2 N–H and O–H groups in total. The fourth-order valence-corrected chi connectivity index (χ4v) is 8.46. The van der Waals surface area contributed by atoms with Crippen LogP contribution < -0.4 is 0 Å². The summed E-state index contributed by atoms with van der Waals surface area (Å²) in [5, 5.41) is 24.2. The zero-order valence-corrected chi connectivity index (χ0v) is 28.4. The number of Topliss-reactive ketones (excluding diaryl/α,β-unsaturated/α-hetero) is 1. The summed E-state index contributed by atoms with van der Waals surface area (Å²) >= 11 is 0. The minimum absolute atomic E-state index is 0. The molecule has 0 radical (unpaired) electrons. The van der Waals surface area contributed by atoms with Crippen molar-refractivity contribution in [3.8, 4) is 0 Å². The average molecular weight is 659 g/mol. The third kappa shape index (κ3) is 6.43. The van der Waals surface area contributed by atoms with E-state index in [4.69, 9.17) is 18.9 Å². The van der Waals surface area contributed by atoms with Crippen molar-refractivity contribution in [2.45, 2.75) is 102 Å². The number of carbonyl (C=O) groups is 4. The van der Waals surface area contributed by atoms with E-state index in [-0.39, 0.29) is 31.7 Å². The standard InChI is InChI=1S/C32H50N2O10.ClH/c1-9-29(5)18-22(37)32(40)30(6)21(36)10-12-28(3,4)26(30)25(27(42-20(2)35)31(32,7)44-29)43-24(39)19-41-23(38)11-13-34-16-14-33(8)15-17-34;/h9,21,25-27,36,40H,1,10-19H2,2-8H3;1H/t21-,25-,26-,27-,29-,30-,31+,32-;/m0./s1. The second-order valence-corrected chi connectivity index (χ2v) is 14.4. The smallest absolute Gasteiger partial charge is 0.344 e. The molecular weight excluding hydrogens is 608 g/mol.